The maximum atomic E-state index is 12.1. The number of likely N-dealkylation sites (tertiary alicyclic amines) is 1. The molecule has 2 saturated heterocycles. The van der Waals surface area contributed by atoms with Crippen molar-refractivity contribution in [2.24, 2.45) is 0 Å². The summed E-state index contributed by atoms with van der Waals surface area (Å²) in [7, 11) is 0. The van der Waals surface area contributed by atoms with Crippen LogP contribution in [0, 0.1) is 0 Å². The van der Waals surface area contributed by atoms with E-state index in [1.165, 1.54) is 0 Å². The van der Waals surface area contributed by atoms with Crippen molar-refractivity contribution in [2.45, 2.75) is 70.4 Å². The van der Waals surface area contributed by atoms with Gasteiger partial charge in [0.2, 0.25) is 0 Å². The number of piperidine rings is 1. The molecule has 3 aliphatic rings. The summed E-state index contributed by atoms with van der Waals surface area (Å²) in [6.07, 6.45) is 3.02. The number of piperazine rings is 1. The third kappa shape index (κ3) is 5.97. The zero-order valence-corrected chi connectivity index (χ0v) is 16.7. The van der Waals surface area contributed by atoms with E-state index >= 15 is 0 Å². The molecule has 154 valence electrons. The molecule has 1 N–H and O–H groups in total. The fourth-order valence-corrected chi connectivity index (χ4v) is 3.56. The Labute approximate surface area is 161 Å². The fourth-order valence-electron chi connectivity index (χ4n) is 3.56. The maximum absolute atomic E-state index is 12.1. The summed E-state index contributed by atoms with van der Waals surface area (Å²) in [4.78, 5) is 27.7. The molecule has 0 aromatic rings. The van der Waals surface area contributed by atoms with E-state index in [-0.39, 0.29) is 30.5 Å². The Kier molecular flexibility index (Phi) is 6.47. The normalized spacial score (nSPS) is 27.1. The maximum Gasteiger partial charge on any atom is 0.410 e. The Morgan fingerprint density at radius 1 is 0.852 bits per heavy atom. The summed E-state index contributed by atoms with van der Waals surface area (Å²) >= 11 is 0. The first kappa shape index (κ1) is 20.2. The van der Waals surface area contributed by atoms with Gasteiger partial charge in [0.15, 0.2) is 0 Å². The van der Waals surface area contributed by atoms with E-state index in [0.29, 0.717) is 26.2 Å². The van der Waals surface area contributed by atoms with Gasteiger partial charge in [0, 0.05) is 52.1 Å². The quantitative estimate of drug-likeness (QED) is 0.803. The van der Waals surface area contributed by atoms with Gasteiger partial charge in [-0.25, -0.2) is 9.59 Å². The van der Waals surface area contributed by atoms with Crippen molar-refractivity contribution in [1.82, 2.24) is 15.1 Å². The van der Waals surface area contributed by atoms with E-state index in [9.17, 15) is 9.59 Å². The van der Waals surface area contributed by atoms with Gasteiger partial charge in [0.1, 0.15) is 11.7 Å². The average Bonchev–Trinajstić information content (AvgIpc) is 2.59. The minimum absolute atomic E-state index is 0.0285. The van der Waals surface area contributed by atoms with Gasteiger partial charge in [-0.15, -0.1) is 0 Å². The number of hydrogen-bond acceptors (Lipinski definition) is 6. The molecule has 27 heavy (non-hydrogen) atoms. The molecule has 2 amide bonds. The van der Waals surface area contributed by atoms with Crippen LogP contribution in [-0.2, 0) is 14.2 Å². The highest BCUT2D eigenvalue weighted by molar-refractivity contribution is 5.68. The SMILES string of the molecule is CC(C)(C)OC(=O)N1CCC(OC2CC(OC(=O)N3CCNCC3)C2)CC1. The molecule has 1 aliphatic carbocycles. The first-order valence-electron chi connectivity index (χ1n) is 10.1. The summed E-state index contributed by atoms with van der Waals surface area (Å²) in [6.45, 7) is 10.0. The highest BCUT2D eigenvalue weighted by Crippen LogP contribution is 2.30. The van der Waals surface area contributed by atoms with Crippen LogP contribution in [0.15, 0.2) is 0 Å². The average molecular weight is 383 g/mol. The van der Waals surface area contributed by atoms with Gasteiger partial charge in [-0.2, -0.15) is 0 Å². The van der Waals surface area contributed by atoms with Crippen LogP contribution in [0.4, 0.5) is 9.59 Å². The van der Waals surface area contributed by atoms with Crippen LogP contribution < -0.4 is 5.32 Å². The largest absolute Gasteiger partial charge is 0.446 e. The lowest BCUT2D eigenvalue weighted by Gasteiger charge is -2.40. The Bertz CT molecular complexity index is 516. The number of carbonyl (C=O) groups excluding carboxylic acids is 2. The van der Waals surface area contributed by atoms with Gasteiger partial charge in [-0.1, -0.05) is 0 Å². The fraction of sp³-hybridized carbons (Fsp3) is 0.895. The van der Waals surface area contributed by atoms with Crippen molar-refractivity contribution in [3.05, 3.63) is 0 Å². The molecule has 2 heterocycles. The molecule has 0 bridgehead atoms. The van der Waals surface area contributed by atoms with Crippen LogP contribution in [-0.4, -0.2) is 85.2 Å². The van der Waals surface area contributed by atoms with Crippen molar-refractivity contribution in [1.29, 1.82) is 0 Å². The van der Waals surface area contributed by atoms with Gasteiger partial charge < -0.3 is 29.3 Å². The minimum Gasteiger partial charge on any atom is -0.446 e. The van der Waals surface area contributed by atoms with Gasteiger partial charge >= 0.3 is 12.2 Å². The molecule has 0 unspecified atom stereocenters. The van der Waals surface area contributed by atoms with E-state index in [2.05, 4.69) is 5.32 Å². The molecule has 0 aromatic heterocycles. The van der Waals surface area contributed by atoms with Crippen molar-refractivity contribution < 1.29 is 23.8 Å². The lowest BCUT2D eigenvalue weighted by atomic mass is 9.91. The van der Waals surface area contributed by atoms with E-state index < -0.39 is 5.60 Å². The molecule has 3 fully saturated rings. The van der Waals surface area contributed by atoms with Crippen LogP contribution in [0.1, 0.15) is 46.5 Å². The number of amides is 2. The molecule has 8 heteroatoms. The second-order valence-corrected chi connectivity index (χ2v) is 8.64. The van der Waals surface area contributed by atoms with Crippen molar-refractivity contribution >= 4 is 12.2 Å². The van der Waals surface area contributed by atoms with Crippen LogP contribution in [0.3, 0.4) is 0 Å². The predicted molar refractivity (Wildman–Crippen MR) is 99.6 cm³/mol. The zero-order valence-electron chi connectivity index (χ0n) is 16.7. The third-order valence-corrected chi connectivity index (χ3v) is 5.17. The van der Waals surface area contributed by atoms with Crippen molar-refractivity contribution in [3.8, 4) is 0 Å². The Morgan fingerprint density at radius 2 is 1.44 bits per heavy atom. The van der Waals surface area contributed by atoms with E-state index in [0.717, 1.165) is 38.8 Å². The molecular weight excluding hydrogens is 350 g/mol. The van der Waals surface area contributed by atoms with Gasteiger partial charge in [0.25, 0.3) is 0 Å². The smallest absolute Gasteiger partial charge is 0.410 e. The second-order valence-electron chi connectivity index (χ2n) is 8.64. The molecule has 0 atom stereocenters. The molecule has 1 saturated carbocycles. The monoisotopic (exact) mass is 383 g/mol. The highest BCUT2D eigenvalue weighted by atomic mass is 16.6. The molecular formula is C19H33N3O5. The number of nitrogens with zero attached hydrogens (tertiary/aromatic N) is 2. The Balaban J connectivity index is 1.30. The topological polar surface area (TPSA) is 80.3 Å². The Hall–Kier alpha value is -1.54. The van der Waals surface area contributed by atoms with Crippen LogP contribution in [0.2, 0.25) is 0 Å². The van der Waals surface area contributed by atoms with Crippen LogP contribution in [0.25, 0.3) is 0 Å². The summed E-state index contributed by atoms with van der Waals surface area (Å²) < 4.78 is 17.1. The van der Waals surface area contributed by atoms with Crippen molar-refractivity contribution in [2.75, 3.05) is 39.3 Å². The van der Waals surface area contributed by atoms with E-state index in [1.54, 1.807) is 9.80 Å². The molecule has 2 aliphatic heterocycles. The number of nitrogens with one attached hydrogen (secondary N) is 1. The highest BCUT2D eigenvalue weighted by Gasteiger charge is 2.37. The van der Waals surface area contributed by atoms with Gasteiger partial charge in [-0.3, -0.25) is 0 Å². The third-order valence-electron chi connectivity index (χ3n) is 5.17. The lowest BCUT2D eigenvalue weighted by molar-refractivity contribution is -0.120. The second kappa shape index (κ2) is 8.65. The van der Waals surface area contributed by atoms with Crippen LogP contribution >= 0.6 is 0 Å². The van der Waals surface area contributed by atoms with Gasteiger partial charge in [-0.05, 0) is 33.6 Å². The van der Waals surface area contributed by atoms with Crippen LogP contribution in [0.5, 0.6) is 0 Å². The van der Waals surface area contributed by atoms with E-state index in [4.69, 9.17) is 14.2 Å². The molecule has 3 rings (SSSR count). The molecule has 0 aromatic carbocycles. The first-order chi connectivity index (χ1) is 12.8. The molecule has 8 nitrogen and oxygen atoms in total. The Morgan fingerprint density at radius 3 is 2.04 bits per heavy atom. The predicted octanol–water partition coefficient (Wildman–Crippen LogP) is 1.98. The molecule has 0 radical (unpaired) electrons. The lowest BCUT2D eigenvalue weighted by Crippen LogP contribution is -2.50. The number of carbonyl (C=O) groups is 2. The summed E-state index contributed by atoms with van der Waals surface area (Å²) in [5.41, 5.74) is -0.465. The standard InChI is InChI=1S/C19H33N3O5/c1-19(2,3)27-18(24)21-8-4-14(5-9-21)25-15-12-16(13-15)26-17(23)22-10-6-20-7-11-22/h14-16,20H,4-13H2,1-3H3. The summed E-state index contributed by atoms with van der Waals surface area (Å²) in [6, 6.07) is 0. The van der Waals surface area contributed by atoms with Crippen molar-refractivity contribution in [3.63, 3.8) is 0 Å². The van der Waals surface area contributed by atoms with E-state index in [1.807, 2.05) is 20.8 Å². The minimum atomic E-state index is -0.465. The first-order valence-corrected chi connectivity index (χ1v) is 10.1. The summed E-state index contributed by atoms with van der Waals surface area (Å²) in [5, 5.41) is 3.22. The summed E-state index contributed by atoms with van der Waals surface area (Å²) in [5.74, 6) is 0. The number of rotatable bonds is 3. The zero-order chi connectivity index (χ0) is 19.4. The number of hydrogen-bond donors (Lipinski definition) is 1. The van der Waals surface area contributed by atoms with Gasteiger partial charge in [0.05, 0.1) is 12.2 Å². The molecule has 0 spiro atoms. The number of ether oxygens (including phenoxy) is 3.